The van der Waals surface area contributed by atoms with Gasteiger partial charge in [0.05, 0.1) is 33.9 Å². The van der Waals surface area contributed by atoms with Crippen LogP contribution in [0.2, 0.25) is 0 Å². The third-order valence-corrected chi connectivity index (χ3v) is 9.10. The van der Waals surface area contributed by atoms with Gasteiger partial charge >= 0.3 is 11.9 Å². The lowest BCUT2D eigenvalue weighted by atomic mass is 10.1. The number of hydrogen-bond acceptors (Lipinski definition) is 9. The molecule has 0 bridgehead atoms. The van der Waals surface area contributed by atoms with Crippen molar-refractivity contribution in [1.82, 2.24) is 0 Å². The van der Waals surface area contributed by atoms with E-state index in [1.807, 2.05) is 63.7 Å². The van der Waals surface area contributed by atoms with Crippen molar-refractivity contribution in [2.75, 3.05) is 47.5 Å². The van der Waals surface area contributed by atoms with Crippen molar-refractivity contribution in [3.05, 3.63) is 60.8 Å². The van der Waals surface area contributed by atoms with Crippen molar-refractivity contribution >= 4 is 19.8 Å². The Morgan fingerprint density at radius 1 is 0.717 bits per heavy atom. The molecule has 53 heavy (non-hydrogen) atoms. The maximum absolute atomic E-state index is 12.6. The molecule has 0 aliphatic rings. The fourth-order valence-electron chi connectivity index (χ4n) is 4.95. The number of aliphatic hydroxyl groups excluding tert-OH is 1. The summed E-state index contributed by atoms with van der Waals surface area (Å²) in [6.07, 6.45) is 35.7. The maximum atomic E-state index is 12.6. The van der Waals surface area contributed by atoms with Crippen LogP contribution in [0, 0.1) is 0 Å². The molecule has 0 aliphatic carbocycles. The molecule has 0 amide bonds. The van der Waals surface area contributed by atoms with Gasteiger partial charge in [-0.1, -0.05) is 139 Å². The average molecular weight is 768 g/mol. The van der Waals surface area contributed by atoms with Crippen molar-refractivity contribution < 1.29 is 47.2 Å². The summed E-state index contributed by atoms with van der Waals surface area (Å²) in [6, 6.07) is 0. The number of esters is 2. The number of hydrogen-bond donors (Lipinski definition) is 1. The minimum atomic E-state index is -4.65. The van der Waals surface area contributed by atoms with Crippen LogP contribution < -0.4 is 4.89 Å². The normalized spacial score (nSPS) is 14.9. The van der Waals surface area contributed by atoms with E-state index >= 15 is 0 Å². The zero-order valence-corrected chi connectivity index (χ0v) is 34.7. The molecule has 0 aromatic heterocycles. The molecule has 0 spiro atoms. The number of ether oxygens (including phenoxy) is 2. The van der Waals surface area contributed by atoms with E-state index < -0.39 is 38.6 Å². The number of likely N-dealkylation sites (N-methyl/N-ethyl adjacent to an activating group) is 1. The van der Waals surface area contributed by atoms with E-state index in [4.69, 9.17) is 18.5 Å². The zero-order chi connectivity index (χ0) is 39.5. The lowest BCUT2D eigenvalue weighted by molar-refractivity contribution is -0.870. The molecule has 3 atom stereocenters. The van der Waals surface area contributed by atoms with Crippen LogP contribution in [-0.4, -0.2) is 81.2 Å². The van der Waals surface area contributed by atoms with Crippen molar-refractivity contribution in [3.63, 3.8) is 0 Å². The van der Waals surface area contributed by atoms with E-state index in [0.29, 0.717) is 43.1 Å². The van der Waals surface area contributed by atoms with Gasteiger partial charge in [-0.15, -0.1) is 0 Å². The third kappa shape index (κ3) is 37.8. The Bertz CT molecular complexity index is 1110. The monoisotopic (exact) mass is 768 g/mol. The highest BCUT2D eigenvalue weighted by Gasteiger charge is 2.21. The number of aliphatic hydroxyl groups is 1. The van der Waals surface area contributed by atoms with Crippen LogP contribution in [0.15, 0.2) is 60.8 Å². The van der Waals surface area contributed by atoms with E-state index in [9.17, 15) is 24.2 Å². The van der Waals surface area contributed by atoms with Gasteiger partial charge in [-0.05, 0) is 44.9 Å². The minimum absolute atomic E-state index is 0.0543. The number of carbonyl (C=O) groups excluding carboxylic acids is 2. The first-order valence-corrected chi connectivity index (χ1v) is 21.6. The number of phosphoric ester groups is 1. The number of carbonyl (C=O) groups is 2. The first-order valence-electron chi connectivity index (χ1n) is 20.1. The SMILES string of the molecule is CC/C=C\C/C=C\CC(O)/C=C/C=C\C/C=C\CCCC(=O)O[C@H](COC(=O)CCCCCCCCCCCCC)COP(=O)([O-])OCC[N+](C)(C)C. The molecule has 10 nitrogen and oxygen atoms in total. The standard InChI is InChI=1S/C42H74NO9P/c1-6-8-10-12-14-15-16-17-21-25-29-33-41(45)49-37-40(38-51-53(47,48)50-36-35-43(3,4)5)52-42(46)34-30-26-22-19-18-20-24-28-32-39(44)31-27-23-13-11-9-7-2/h9,11,19-20,22-24,27-28,32,39-40,44H,6-8,10,12-18,21,25-26,29-31,33-38H2,1-5H3/b11-9-,22-19-,24-20-,27-23-,32-28+/t39?,40-/m1/s1. The molecule has 0 radical (unpaired) electrons. The molecule has 306 valence electrons. The molecular weight excluding hydrogens is 693 g/mol. The quantitative estimate of drug-likeness (QED) is 0.0167. The van der Waals surface area contributed by atoms with Gasteiger partial charge in [-0.3, -0.25) is 14.2 Å². The highest BCUT2D eigenvalue weighted by Crippen LogP contribution is 2.38. The van der Waals surface area contributed by atoms with Crippen LogP contribution in [0.5, 0.6) is 0 Å². The van der Waals surface area contributed by atoms with Gasteiger partial charge < -0.3 is 33.0 Å². The second kappa shape index (κ2) is 34.2. The van der Waals surface area contributed by atoms with E-state index in [1.165, 1.54) is 44.9 Å². The molecule has 11 heteroatoms. The van der Waals surface area contributed by atoms with Crippen LogP contribution in [0.1, 0.15) is 136 Å². The summed E-state index contributed by atoms with van der Waals surface area (Å²) in [5.41, 5.74) is 0. The summed E-state index contributed by atoms with van der Waals surface area (Å²) in [7, 11) is 1.08. The molecule has 0 saturated carbocycles. The Morgan fingerprint density at radius 3 is 1.98 bits per heavy atom. The summed E-state index contributed by atoms with van der Waals surface area (Å²) >= 11 is 0. The molecule has 0 aliphatic heterocycles. The Kier molecular flexibility index (Phi) is 32.7. The van der Waals surface area contributed by atoms with Gasteiger partial charge in [0.25, 0.3) is 7.82 Å². The van der Waals surface area contributed by atoms with Crippen LogP contribution in [0.4, 0.5) is 0 Å². The molecular formula is C42H74NO9P. The Labute approximate surface area is 322 Å². The smallest absolute Gasteiger partial charge is 0.306 e. The van der Waals surface area contributed by atoms with E-state index in [1.54, 1.807) is 6.08 Å². The predicted octanol–water partition coefficient (Wildman–Crippen LogP) is 9.24. The maximum Gasteiger partial charge on any atom is 0.306 e. The second-order valence-electron chi connectivity index (χ2n) is 14.5. The zero-order valence-electron chi connectivity index (χ0n) is 33.8. The topological polar surface area (TPSA) is 131 Å². The highest BCUT2D eigenvalue weighted by atomic mass is 31.2. The number of nitrogens with zero attached hydrogens (tertiary/aromatic N) is 1. The fourth-order valence-corrected chi connectivity index (χ4v) is 5.68. The second-order valence-corrected chi connectivity index (χ2v) is 15.9. The van der Waals surface area contributed by atoms with Crippen LogP contribution in [0.3, 0.4) is 0 Å². The number of rotatable bonds is 35. The van der Waals surface area contributed by atoms with Crippen molar-refractivity contribution in [3.8, 4) is 0 Å². The number of quaternary nitrogens is 1. The van der Waals surface area contributed by atoms with Crippen molar-refractivity contribution in [2.45, 2.75) is 148 Å². The summed E-state index contributed by atoms with van der Waals surface area (Å²) < 4.78 is 33.7. The number of phosphoric acid groups is 1. The predicted molar refractivity (Wildman–Crippen MR) is 214 cm³/mol. The summed E-state index contributed by atoms with van der Waals surface area (Å²) in [5, 5.41) is 10.0. The molecule has 0 aromatic rings. The molecule has 0 saturated heterocycles. The minimum Gasteiger partial charge on any atom is -0.756 e. The molecule has 0 fully saturated rings. The van der Waals surface area contributed by atoms with Crippen molar-refractivity contribution in [2.24, 2.45) is 0 Å². The number of allylic oxidation sites excluding steroid dienone is 8. The summed E-state index contributed by atoms with van der Waals surface area (Å²) in [6.45, 7) is 3.92. The first kappa shape index (κ1) is 50.7. The lowest BCUT2D eigenvalue weighted by Gasteiger charge is -2.28. The largest absolute Gasteiger partial charge is 0.756 e. The van der Waals surface area contributed by atoms with Gasteiger partial charge in [-0.25, -0.2) is 0 Å². The Hall–Kier alpha value is -2.33. The van der Waals surface area contributed by atoms with Gasteiger partial charge in [0.2, 0.25) is 0 Å². The van der Waals surface area contributed by atoms with Gasteiger partial charge in [0.15, 0.2) is 6.10 Å². The van der Waals surface area contributed by atoms with E-state index in [0.717, 1.165) is 32.1 Å². The molecule has 0 heterocycles. The average Bonchev–Trinajstić information content (AvgIpc) is 3.10. The lowest BCUT2D eigenvalue weighted by Crippen LogP contribution is -2.37. The van der Waals surface area contributed by atoms with Gasteiger partial charge in [-0.2, -0.15) is 0 Å². The van der Waals surface area contributed by atoms with Gasteiger partial charge in [0, 0.05) is 12.8 Å². The molecule has 1 N–H and O–H groups in total. The van der Waals surface area contributed by atoms with Crippen LogP contribution in [0.25, 0.3) is 0 Å². The van der Waals surface area contributed by atoms with Crippen LogP contribution >= 0.6 is 7.82 Å². The van der Waals surface area contributed by atoms with E-state index in [2.05, 4.69) is 26.0 Å². The fraction of sp³-hybridized carbons (Fsp3) is 0.714. The number of unbranched alkanes of at least 4 members (excludes halogenated alkanes) is 11. The molecule has 0 rings (SSSR count). The van der Waals surface area contributed by atoms with Crippen molar-refractivity contribution in [1.29, 1.82) is 0 Å². The molecule has 2 unspecified atom stereocenters. The van der Waals surface area contributed by atoms with Gasteiger partial charge in [0.1, 0.15) is 19.8 Å². The Morgan fingerprint density at radius 2 is 1.32 bits per heavy atom. The molecule has 0 aromatic carbocycles. The highest BCUT2D eigenvalue weighted by molar-refractivity contribution is 7.45. The Balaban J connectivity index is 4.60. The third-order valence-electron chi connectivity index (χ3n) is 8.13. The van der Waals surface area contributed by atoms with Crippen LogP contribution in [-0.2, 0) is 32.7 Å². The first-order chi connectivity index (χ1) is 25.4. The summed E-state index contributed by atoms with van der Waals surface area (Å²) in [5.74, 6) is -0.948. The summed E-state index contributed by atoms with van der Waals surface area (Å²) in [4.78, 5) is 37.3. The van der Waals surface area contributed by atoms with E-state index in [-0.39, 0.29) is 26.1 Å².